The number of carbonyl (C=O) groups is 1. The summed E-state index contributed by atoms with van der Waals surface area (Å²) in [6.45, 7) is -0.286. The first-order chi connectivity index (χ1) is 13.7. The van der Waals surface area contributed by atoms with Crippen molar-refractivity contribution in [1.29, 1.82) is 0 Å². The van der Waals surface area contributed by atoms with Crippen LogP contribution >= 0.6 is 0 Å². The molecule has 0 saturated carbocycles. The minimum absolute atomic E-state index is 0.0175. The van der Waals surface area contributed by atoms with Crippen LogP contribution in [0.15, 0.2) is 42.6 Å². The van der Waals surface area contributed by atoms with E-state index >= 15 is 0 Å². The smallest absolute Gasteiger partial charge is 0.433 e. The number of β-amino-alcohol motifs (C(OH)–C–C–N with tert-alkyl or cyclic N) is 1. The van der Waals surface area contributed by atoms with E-state index < -0.39 is 36.2 Å². The van der Waals surface area contributed by atoms with Crippen LogP contribution in [0.3, 0.4) is 0 Å². The molecule has 8 nitrogen and oxygen atoms in total. The molecule has 3 N–H and O–H groups in total. The molecule has 3 rings (SSSR count). The lowest BCUT2D eigenvalue weighted by atomic mass is 10.00. The van der Waals surface area contributed by atoms with Gasteiger partial charge in [0.25, 0.3) is 0 Å². The van der Waals surface area contributed by atoms with Gasteiger partial charge in [0.1, 0.15) is 18.4 Å². The summed E-state index contributed by atoms with van der Waals surface area (Å²) in [7, 11) is 0. The Morgan fingerprint density at radius 3 is 2.62 bits per heavy atom. The Balaban J connectivity index is 1.65. The van der Waals surface area contributed by atoms with Gasteiger partial charge < -0.3 is 25.2 Å². The van der Waals surface area contributed by atoms with Crippen molar-refractivity contribution in [2.75, 3.05) is 18.4 Å². The highest BCUT2D eigenvalue weighted by atomic mass is 19.4. The van der Waals surface area contributed by atoms with Crippen LogP contribution in [-0.4, -0.2) is 62.5 Å². The maximum absolute atomic E-state index is 12.8. The predicted molar refractivity (Wildman–Crippen MR) is 94.7 cm³/mol. The van der Waals surface area contributed by atoms with E-state index in [9.17, 15) is 28.2 Å². The van der Waals surface area contributed by atoms with E-state index in [0.29, 0.717) is 6.07 Å². The number of aromatic nitrogens is 2. The normalized spacial score (nSPS) is 22.2. The molecule has 1 fully saturated rings. The van der Waals surface area contributed by atoms with Gasteiger partial charge >= 0.3 is 12.3 Å². The standard InChI is InChI=1S/C18H19F3N4O4/c19-18(20,21)14-6-7-22-16(24-14)23-12-8-25(9-13(26)15(12)27)17(28)29-10-11-4-2-1-3-5-11/h1-7,12-13,15,26-27H,8-10H2,(H,22,23,24)/t12-,13-,15+/m0/s1. The summed E-state index contributed by atoms with van der Waals surface area (Å²) in [4.78, 5) is 20.5. The molecule has 0 bridgehead atoms. The van der Waals surface area contributed by atoms with Gasteiger partial charge in [0.2, 0.25) is 5.95 Å². The molecule has 1 aliphatic heterocycles. The van der Waals surface area contributed by atoms with Crippen LogP contribution < -0.4 is 5.32 Å². The van der Waals surface area contributed by atoms with Gasteiger partial charge in [0.15, 0.2) is 0 Å². The number of carbonyl (C=O) groups excluding carboxylic acids is 1. The van der Waals surface area contributed by atoms with Crippen molar-refractivity contribution in [3.05, 3.63) is 53.9 Å². The molecule has 0 aliphatic carbocycles. The number of aliphatic hydroxyl groups is 2. The van der Waals surface area contributed by atoms with Crippen molar-refractivity contribution in [2.45, 2.75) is 31.0 Å². The molecule has 2 heterocycles. The summed E-state index contributed by atoms with van der Waals surface area (Å²) in [6, 6.07) is 8.67. The second kappa shape index (κ2) is 8.62. The fraction of sp³-hybridized carbons (Fsp3) is 0.389. The highest BCUT2D eigenvalue weighted by Gasteiger charge is 2.38. The van der Waals surface area contributed by atoms with Crippen molar-refractivity contribution >= 4 is 12.0 Å². The van der Waals surface area contributed by atoms with E-state index in [4.69, 9.17) is 4.74 Å². The van der Waals surface area contributed by atoms with Crippen molar-refractivity contribution < 1.29 is 32.9 Å². The van der Waals surface area contributed by atoms with E-state index in [0.717, 1.165) is 16.7 Å². The number of likely N-dealkylation sites (tertiary alicyclic amines) is 1. The lowest BCUT2D eigenvalue weighted by Gasteiger charge is -2.38. The number of benzene rings is 1. The molecule has 1 saturated heterocycles. The molecule has 1 aromatic heterocycles. The van der Waals surface area contributed by atoms with Gasteiger partial charge in [-0.3, -0.25) is 0 Å². The third kappa shape index (κ3) is 5.33. The van der Waals surface area contributed by atoms with Crippen LogP contribution in [0.4, 0.5) is 23.9 Å². The summed E-state index contributed by atoms with van der Waals surface area (Å²) in [5, 5.41) is 22.8. The van der Waals surface area contributed by atoms with Crippen LogP contribution in [0, 0.1) is 0 Å². The second-order valence-electron chi connectivity index (χ2n) is 6.52. The molecule has 3 atom stereocenters. The summed E-state index contributed by atoms with van der Waals surface area (Å²) in [6.07, 6.45) is -7.12. The molecule has 29 heavy (non-hydrogen) atoms. The number of nitrogens with one attached hydrogen (secondary N) is 1. The van der Waals surface area contributed by atoms with Crippen LogP contribution in [0.1, 0.15) is 11.3 Å². The number of nitrogens with zero attached hydrogens (tertiary/aromatic N) is 3. The third-order valence-electron chi connectivity index (χ3n) is 4.35. The minimum atomic E-state index is -4.66. The van der Waals surface area contributed by atoms with Crippen molar-refractivity contribution in [3.63, 3.8) is 0 Å². The molecule has 0 spiro atoms. The predicted octanol–water partition coefficient (Wildman–Crippen LogP) is 1.65. The second-order valence-corrected chi connectivity index (χ2v) is 6.52. The number of halogens is 3. The van der Waals surface area contributed by atoms with Crippen molar-refractivity contribution in [2.24, 2.45) is 0 Å². The van der Waals surface area contributed by atoms with Gasteiger partial charge in [-0.05, 0) is 11.6 Å². The number of aliphatic hydroxyl groups excluding tert-OH is 2. The first kappa shape index (κ1) is 20.8. The number of anilines is 1. The molecular formula is C18H19F3N4O4. The van der Waals surface area contributed by atoms with Crippen molar-refractivity contribution in [3.8, 4) is 0 Å². The number of amides is 1. The number of hydrogen-bond acceptors (Lipinski definition) is 7. The average molecular weight is 412 g/mol. The van der Waals surface area contributed by atoms with E-state index in [-0.39, 0.29) is 25.6 Å². The number of hydrogen-bond donors (Lipinski definition) is 3. The van der Waals surface area contributed by atoms with Crippen LogP contribution in [-0.2, 0) is 17.5 Å². The average Bonchev–Trinajstić information content (AvgIpc) is 2.70. The highest BCUT2D eigenvalue weighted by Crippen LogP contribution is 2.28. The molecule has 0 radical (unpaired) electrons. The largest absolute Gasteiger partial charge is 0.445 e. The molecule has 11 heteroatoms. The van der Waals surface area contributed by atoms with Crippen LogP contribution in [0.5, 0.6) is 0 Å². The summed E-state index contributed by atoms with van der Waals surface area (Å²) in [5.41, 5.74) is -0.384. The van der Waals surface area contributed by atoms with Gasteiger partial charge in [-0.2, -0.15) is 13.2 Å². The fourth-order valence-electron chi connectivity index (χ4n) is 2.86. The number of piperidine rings is 1. The molecular weight excluding hydrogens is 393 g/mol. The number of rotatable bonds is 4. The zero-order valence-corrected chi connectivity index (χ0v) is 15.1. The van der Waals surface area contributed by atoms with Gasteiger partial charge in [-0.25, -0.2) is 14.8 Å². The van der Waals surface area contributed by atoms with Crippen LogP contribution in [0.25, 0.3) is 0 Å². The molecule has 1 amide bonds. The van der Waals surface area contributed by atoms with Gasteiger partial charge in [0, 0.05) is 12.7 Å². The summed E-state index contributed by atoms with van der Waals surface area (Å²) in [5.74, 6) is -0.379. The Labute approximate surface area is 164 Å². The molecule has 156 valence electrons. The zero-order valence-electron chi connectivity index (χ0n) is 15.1. The first-order valence-electron chi connectivity index (χ1n) is 8.72. The van der Waals surface area contributed by atoms with E-state index in [1.807, 2.05) is 6.07 Å². The monoisotopic (exact) mass is 412 g/mol. The Morgan fingerprint density at radius 2 is 1.93 bits per heavy atom. The van der Waals surface area contributed by atoms with Gasteiger partial charge in [0.05, 0.1) is 18.7 Å². The first-order valence-corrected chi connectivity index (χ1v) is 8.72. The quantitative estimate of drug-likeness (QED) is 0.701. The molecule has 1 aliphatic rings. The van der Waals surface area contributed by atoms with Crippen LogP contribution in [0.2, 0.25) is 0 Å². The van der Waals surface area contributed by atoms with Crippen molar-refractivity contribution in [1.82, 2.24) is 14.9 Å². The Bertz CT molecular complexity index is 837. The highest BCUT2D eigenvalue weighted by molar-refractivity contribution is 5.68. The number of alkyl halides is 3. The Hall–Kier alpha value is -2.92. The van der Waals surface area contributed by atoms with E-state index in [2.05, 4.69) is 15.3 Å². The maximum Gasteiger partial charge on any atom is 0.433 e. The maximum atomic E-state index is 12.8. The third-order valence-corrected chi connectivity index (χ3v) is 4.35. The van der Waals surface area contributed by atoms with Gasteiger partial charge in [-0.15, -0.1) is 0 Å². The topological polar surface area (TPSA) is 108 Å². The SMILES string of the molecule is O=C(OCc1ccccc1)N1C[C@H](Nc2nccc(C(F)(F)F)n2)[C@@H](O)[C@@H](O)C1. The minimum Gasteiger partial charge on any atom is -0.445 e. The molecule has 1 aromatic carbocycles. The van der Waals surface area contributed by atoms with E-state index in [1.54, 1.807) is 24.3 Å². The summed E-state index contributed by atoms with van der Waals surface area (Å²) < 4.78 is 43.6. The fourth-order valence-corrected chi connectivity index (χ4v) is 2.86. The molecule has 0 unspecified atom stereocenters. The lowest BCUT2D eigenvalue weighted by Crippen LogP contribution is -2.59. The zero-order chi connectivity index (χ0) is 21.0. The van der Waals surface area contributed by atoms with Gasteiger partial charge in [-0.1, -0.05) is 30.3 Å². The molecule has 2 aromatic rings. The number of ether oxygens (including phenoxy) is 1. The summed E-state index contributed by atoms with van der Waals surface area (Å²) >= 11 is 0. The van der Waals surface area contributed by atoms with E-state index in [1.165, 1.54) is 0 Å². The Kier molecular flexibility index (Phi) is 6.18. The Morgan fingerprint density at radius 1 is 1.21 bits per heavy atom. The lowest BCUT2D eigenvalue weighted by molar-refractivity contribution is -0.141.